The topological polar surface area (TPSA) is 96.1 Å². The van der Waals surface area contributed by atoms with Gasteiger partial charge in [-0.1, -0.05) is 12.1 Å². The van der Waals surface area contributed by atoms with Crippen LogP contribution >= 0.6 is 24.0 Å². The van der Waals surface area contributed by atoms with Crippen molar-refractivity contribution in [2.45, 2.75) is 46.8 Å². The zero-order chi connectivity index (χ0) is 21.4. The van der Waals surface area contributed by atoms with Crippen LogP contribution in [0.3, 0.4) is 0 Å². The minimum Gasteiger partial charge on any atom is -0.466 e. The minimum atomic E-state index is -1.10. The van der Waals surface area contributed by atoms with Gasteiger partial charge in [0.1, 0.15) is 17.1 Å². The largest absolute Gasteiger partial charge is 0.466 e. The molecule has 0 aliphatic heterocycles. The van der Waals surface area contributed by atoms with Crippen molar-refractivity contribution >= 4 is 35.9 Å². The molecule has 2 aromatic rings. The molecule has 1 aromatic carbocycles. The van der Waals surface area contributed by atoms with Crippen LogP contribution in [0.4, 0.5) is 0 Å². The third-order valence-electron chi connectivity index (χ3n) is 4.45. The van der Waals surface area contributed by atoms with E-state index in [1.54, 1.807) is 26.0 Å². The molecule has 3 N–H and O–H groups in total. The average molecular weight is 529 g/mol. The monoisotopic (exact) mass is 529 g/mol. The van der Waals surface area contributed by atoms with Crippen LogP contribution in [-0.2, 0) is 16.9 Å². The Labute approximate surface area is 195 Å². The third-order valence-corrected chi connectivity index (χ3v) is 4.45. The first kappa shape index (κ1) is 26.0. The van der Waals surface area contributed by atoms with E-state index in [2.05, 4.69) is 15.6 Å². The molecule has 8 heteroatoms. The van der Waals surface area contributed by atoms with Crippen molar-refractivity contribution in [2.24, 2.45) is 4.99 Å². The van der Waals surface area contributed by atoms with Crippen LogP contribution in [0.1, 0.15) is 53.8 Å². The van der Waals surface area contributed by atoms with Gasteiger partial charge in [0.15, 0.2) is 5.96 Å². The lowest BCUT2D eigenvalue weighted by Gasteiger charge is -2.24. The molecule has 0 aliphatic carbocycles. The summed E-state index contributed by atoms with van der Waals surface area (Å²) in [5.41, 5.74) is 1.14. The van der Waals surface area contributed by atoms with Gasteiger partial charge in [0.05, 0.1) is 25.3 Å². The van der Waals surface area contributed by atoms with Gasteiger partial charge in [-0.25, -0.2) is 9.79 Å². The summed E-state index contributed by atoms with van der Waals surface area (Å²) in [5.74, 6) is 1.74. The number of ether oxygens (including phenoxy) is 1. The van der Waals surface area contributed by atoms with Crippen LogP contribution in [0.5, 0.6) is 0 Å². The Balaban J connectivity index is 0.00000450. The smallest absolute Gasteiger partial charge is 0.338 e. The SMILES string of the molecule is CCNC(=NCc1ccc(C(=O)OCC)cc1)NCC(C)(O)c1cc(C)oc1C.I. The van der Waals surface area contributed by atoms with E-state index < -0.39 is 5.60 Å². The maximum absolute atomic E-state index is 11.7. The predicted octanol–water partition coefficient (Wildman–Crippen LogP) is 3.65. The summed E-state index contributed by atoms with van der Waals surface area (Å²) >= 11 is 0. The van der Waals surface area contributed by atoms with Crippen molar-refractivity contribution in [3.8, 4) is 0 Å². The summed E-state index contributed by atoms with van der Waals surface area (Å²) < 4.78 is 10.5. The van der Waals surface area contributed by atoms with Crippen LogP contribution < -0.4 is 10.6 Å². The Hall–Kier alpha value is -2.07. The van der Waals surface area contributed by atoms with Crippen molar-refractivity contribution in [1.29, 1.82) is 0 Å². The quantitative estimate of drug-likeness (QED) is 0.209. The molecule has 0 radical (unpaired) electrons. The number of nitrogens with one attached hydrogen (secondary N) is 2. The van der Waals surface area contributed by atoms with Gasteiger partial charge in [-0.05, 0) is 58.4 Å². The Morgan fingerprint density at radius 3 is 2.40 bits per heavy atom. The second-order valence-electron chi connectivity index (χ2n) is 7.07. The highest BCUT2D eigenvalue weighted by molar-refractivity contribution is 14.0. The second-order valence-corrected chi connectivity index (χ2v) is 7.07. The molecule has 1 atom stereocenters. The Morgan fingerprint density at radius 2 is 1.87 bits per heavy atom. The number of hydrogen-bond acceptors (Lipinski definition) is 5. The van der Waals surface area contributed by atoms with E-state index in [9.17, 15) is 9.90 Å². The highest BCUT2D eigenvalue weighted by Gasteiger charge is 2.27. The summed E-state index contributed by atoms with van der Waals surface area (Å²) in [6.07, 6.45) is 0. The van der Waals surface area contributed by atoms with Gasteiger partial charge in [-0.2, -0.15) is 0 Å². The Bertz CT molecular complexity index is 845. The maximum Gasteiger partial charge on any atom is 0.338 e. The van der Waals surface area contributed by atoms with E-state index in [-0.39, 0.29) is 36.5 Å². The summed E-state index contributed by atoms with van der Waals surface area (Å²) in [7, 11) is 0. The van der Waals surface area contributed by atoms with Gasteiger partial charge in [0.25, 0.3) is 0 Å². The molecule has 0 bridgehead atoms. The first-order valence-electron chi connectivity index (χ1n) is 9.85. The number of nitrogens with zero attached hydrogens (tertiary/aromatic N) is 1. The molecular weight excluding hydrogens is 497 g/mol. The summed E-state index contributed by atoms with van der Waals surface area (Å²) in [5, 5.41) is 17.2. The minimum absolute atomic E-state index is 0. The lowest BCUT2D eigenvalue weighted by Crippen LogP contribution is -2.44. The zero-order valence-electron chi connectivity index (χ0n) is 18.2. The molecule has 1 aromatic heterocycles. The number of aryl methyl sites for hydroxylation is 2. The van der Waals surface area contributed by atoms with Gasteiger partial charge in [-0.3, -0.25) is 0 Å². The van der Waals surface area contributed by atoms with Crippen molar-refractivity contribution in [2.75, 3.05) is 19.7 Å². The van der Waals surface area contributed by atoms with Crippen LogP contribution in [0.2, 0.25) is 0 Å². The molecule has 1 unspecified atom stereocenters. The van der Waals surface area contributed by atoms with Crippen molar-refractivity contribution < 1.29 is 19.1 Å². The van der Waals surface area contributed by atoms with Gasteiger partial charge in [0, 0.05) is 12.1 Å². The number of carbonyl (C=O) groups excluding carboxylic acids is 1. The molecule has 0 saturated heterocycles. The molecule has 30 heavy (non-hydrogen) atoms. The number of aliphatic imine (C=N–C) groups is 1. The van der Waals surface area contributed by atoms with Gasteiger partial charge in [-0.15, -0.1) is 24.0 Å². The lowest BCUT2D eigenvalue weighted by molar-refractivity contribution is 0.0526. The molecular formula is C22H32IN3O4. The van der Waals surface area contributed by atoms with Crippen molar-refractivity contribution in [3.05, 3.63) is 58.5 Å². The van der Waals surface area contributed by atoms with E-state index in [0.29, 0.717) is 37.0 Å². The molecule has 0 saturated carbocycles. The Morgan fingerprint density at radius 1 is 1.20 bits per heavy atom. The molecule has 0 amide bonds. The fourth-order valence-electron chi connectivity index (χ4n) is 2.99. The van der Waals surface area contributed by atoms with E-state index in [4.69, 9.17) is 9.15 Å². The Kier molecular flexibility index (Phi) is 10.3. The summed E-state index contributed by atoms with van der Waals surface area (Å²) in [6, 6.07) is 9.03. The number of hydrogen-bond donors (Lipinski definition) is 3. The first-order valence-corrected chi connectivity index (χ1v) is 9.85. The number of halogens is 1. The van der Waals surface area contributed by atoms with Crippen LogP contribution in [-0.4, -0.2) is 36.7 Å². The van der Waals surface area contributed by atoms with E-state index >= 15 is 0 Å². The highest BCUT2D eigenvalue weighted by atomic mass is 127. The summed E-state index contributed by atoms with van der Waals surface area (Å²) in [6.45, 7) is 11.0. The number of furan rings is 1. The first-order chi connectivity index (χ1) is 13.8. The summed E-state index contributed by atoms with van der Waals surface area (Å²) in [4.78, 5) is 16.3. The number of esters is 1. The molecule has 0 aliphatic rings. The fraction of sp³-hybridized carbons (Fsp3) is 0.455. The maximum atomic E-state index is 11.7. The highest BCUT2D eigenvalue weighted by Crippen LogP contribution is 2.26. The van der Waals surface area contributed by atoms with Crippen LogP contribution in [0.25, 0.3) is 0 Å². The fourth-order valence-corrected chi connectivity index (χ4v) is 2.99. The average Bonchev–Trinajstić information content (AvgIpc) is 3.03. The van der Waals surface area contributed by atoms with Gasteiger partial charge >= 0.3 is 5.97 Å². The molecule has 0 fully saturated rings. The van der Waals surface area contributed by atoms with Gasteiger partial charge in [0.2, 0.25) is 0 Å². The number of rotatable bonds is 8. The van der Waals surface area contributed by atoms with E-state index in [0.717, 1.165) is 16.9 Å². The van der Waals surface area contributed by atoms with Crippen molar-refractivity contribution in [1.82, 2.24) is 10.6 Å². The van der Waals surface area contributed by atoms with Crippen molar-refractivity contribution in [3.63, 3.8) is 0 Å². The normalized spacial score (nSPS) is 13.2. The van der Waals surface area contributed by atoms with Crippen LogP contribution in [0.15, 0.2) is 39.7 Å². The molecule has 166 valence electrons. The standard InChI is InChI=1S/C22H31N3O4.HI/c1-6-23-21(25-14-22(5,27)19-12-15(3)29-16(19)4)24-13-17-8-10-18(11-9-17)20(26)28-7-2;/h8-12,27H,6-7,13-14H2,1-5H3,(H2,23,24,25);1H. The molecule has 2 rings (SSSR count). The van der Waals surface area contributed by atoms with Gasteiger partial charge < -0.3 is 24.9 Å². The van der Waals surface area contributed by atoms with Crippen LogP contribution in [0, 0.1) is 13.8 Å². The number of benzene rings is 1. The number of carbonyl (C=O) groups is 1. The predicted molar refractivity (Wildman–Crippen MR) is 128 cm³/mol. The lowest BCUT2D eigenvalue weighted by atomic mass is 9.96. The van der Waals surface area contributed by atoms with E-state index in [1.807, 2.05) is 39.0 Å². The third kappa shape index (κ3) is 7.32. The number of guanidine groups is 1. The second kappa shape index (κ2) is 11.9. The number of aliphatic hydroxyl groups is 1. The zero-order valence-corrected chi connectivity index (χ0v) is 20.6. The molecule has 7 nitrogen and oxygen atoms in total. The van der Waals surface area contributed by atoms with E-state index in [1.165, 1.54) is 0 Å². The molecule has 0 spiro atoms. The molecule has 1 heterocycles.